The van der Waals surface area contributed by atoms with Crippen molar-refractivity contribution in [2.24, 2.45) is 0 Å². The van der Waals surface area contributed by atoms with Crippen molar-refractivity contribution in [3.05, 3.63) is 69.5 Å². The molecule has 4 heterocycles. The van der Waals surface area contributed by atoms with Crippen molar-refractivity contribution < 1.29 is 17.6 Å². The van der Waals surface area contributed by atoms with E-state index in [0.29, 0.717) is 10.4 Å². The van der Waals surface area contributed by atoms with Gasteiger partial charge in [-0.3, -0.25) is 4.79 Å². The first-order chi connectivity index (χ1) is 18.7. The van der Waals surface area contributed by atoms with Crippen LogP contribution in [-0.2, 0) is 23.9 Å². The van der Waals surface area contributed by atoms with E-state index >= 15 is 0 Å². The van der Waals surface area contributed by atoms with Crippen LogP contribution in [0, 0.1) is 17.1 Å². The zero-order valence-corrected chi connectivity index (χ0v) is 22.2. The minimum atomic E-state index is -4.76. The molecule has 0 amide bonds. The third kappa shape index (κ3) is 4.90. The van der Waals surface area contributed by atoms with E-state index in [1.165, 1.54) is 13.8 Å². The molecule has 13 heteroatoms. The lowest BCUT2D eigenvalue weighted by Crippen LogP contribution is -2.42. The minimum absolute atomic E-state index is 0.0400. The molecule has 0 radical (unpaired) electrons. The Morgan fingerprint density at radius 3 is 2.62 bits per heavy atom. The number of anilines is 2. The van der Waals surface area contributed by atoms with Crippen LogP contribution >= 0.6 is 0 Å². The van der Waals surface area contributed by atoms with Gasteiger partial charge in [-0.05, 0) is 76.1 Å². The summed E-state index contributed by atoms with van der Waals surface area (Å²) in [6.07, 6.45) is -2.80. The molecule has 0 bridgehead atoms. The van der Waals surface area contributed by atoms with E-state index in [4.69, 9.17) is 0 Å². The molecule has 0 spiro atoms. The van der Waals surface area contributed by atoms with Crippen LogP contribution in [0.3, 0.4) is 0 Å². The topological polar surface area (TPSA) is 113 Å². The number of benzene rings is 1. The van der Waals surface area contributed by atoms with Gasteiger partial charge in [0, 0.05) is 17.4 Å². The van der Waals surface area contributed by atoms with Gasteiger partial charge in [0.25, 0.3) is 5.56 Å². The summed E-state index contributed by atoms with van der Waals surface area (Å²) < 4.78 is 56.6. The van der Waals surface area contributed by atoms with E-state index in [2.05, 4.69) is 39.4 Å². The van der Waals surface area contributed by atoms with E-state index in [9.17, 15) is 27.6 Å². The van der Waals surface area contributed by atoms with E-state index in [0.717, 1.165) is 47.1 Å². The van der Waals surface area contributed by atoms with Crippen molar-refractivity contribution in [3.8, 4) is 11.9 Å². The van der Waals surface area contributed by atoms with Crippen LogP contribution in [0.1, 0.15) is 44.5 Å². The molecule has 9 nitrogen and oxygen atoms in total. The summed E-state index contributed by atoms with van der Waals surface area (Å²) in [6.45, 7) is 6.20. The monoisotopic (exact) mass is 554 g/mol. The van der Waals surface area contributed by atoms with Crippen molar-refractivity contribution in [1.29, 1.82) is 5.26 Å². The normalized spacial score (nSPS) is 15.1. The predicted molar refractivity (Wildman–Crippen MR) is 140 cm³/mol. The smallest absolute Gasteiger partial charge is 0.324 e. The van der Waals surface area contributed by atoms with Crippen LogP contribution in [0.2, 0.25) is 0 Å². The van der Waals surface area contributed by atoms with Crippen LogP contribution in [0.15, 0.2) is 41.3 Å². The molecule has 1 aliphatic rings. The van der Waals surface area contributed by atoms with Crippen LogP contribution in [0.25, 0.3) is 16.9 Å². The first kappa shape index (κ1) is 27.3. The van der Waals surface area contributed by atoms with Gasteiger partial charge in [-0.1, -0.05) is 6.07 Å². The van der Waals surface area contributed by atoms with E-state index < -0.39 is 29.5 Å². The molecule has 5 rings (SSSR count). The number of hydrogen-bond acceptors (Lipinski definition) is 7. The van der Waals surface area contributed by atoms with Gasteiger partial charge < -0.3 is 10.6 Å². The second-order valence-corrected chi connectivity index (χ2v) is 10.8. The minimum Gasteiger partial charge on any atom is -0.324 e. The Labute approximate surface area is 226 Å². The fourth-order valence-corrected chi connectivity index (χ4v) is 4.90. The third-order valence-corrected chi connectivity index (χ3v) is 6.92. The molecule has 4 aromatic rings. The van der Waals surface area contributed by atoms with Crippen molar-refractivity contribution in [1.82, 2.24) is 29.6 Å². The number of rotatable bonds is 5. The first-order valence-corrected chi connectivity index (χ1v) is 12.5. The van der Waals surface area contributed by atoms with Gasteiger partial charge in [0.05, 0.1) is 17.2 Å². The number of nitrogens with zero attached hydrogens (tertiary/aromatic N) is 6. The van der Waals surface area contributed by atoms with Crippen LogP contribution in [0.4, 0.5) is 29.2 Å². The molecule has 0 aliphatic carbocycles. The summed E-state index contributed by atoms with van der Waals surface area (Å²) in [7, 11) is 0. The largest absolute Gasteiger partial charge is 0.408 e. The van der Waals surface area contributed by atoms with Gasteiger partial charge in [-0.2, -0.15) is 23.4 Å². The van der Waals surface area contributed by atoms with Gasteiger partial charge in [-0.25, -0.2) is 23.7 Å². The zero-order valence-electron chi connectivity index (χ0n) is 22.2. The molecular formula is C27H26F4N8O. The van der Waals surface area contributed by atoms with E-state index in [1.54, 1.807) is 0 Å². The average Bonchev–Trinajstić information content (AvgIpc) is 3.13. The van der Waals surface area contributed by atoms with Crippen molar-refractivity contribution in [2.45, 2.75) is 57.8 Å². The Morgan fingerprint density at radius 1 is 1.18 bits per heavy atom. The maximum atomic E-state index is 14.6. The Bertz CT molecular complexity index is 1730. The summed E-state index contributed by atoms with van der Waals surface area (Å²) in [6, 6.07) is 9.86. The molecular weight excluding hydrogens is 528 g/mol. The molecule has 40 heavy (non-hydrogen) atoms. The van der Waals surface area contributed by atoms with Crippen LogP contribution < -0.4 is 16.2 Å². The van der Waals surface area contributed by atoms with Crippen LogP contribution in [0.5, 0.6) is 0 Å². The standard InChI is InChI=1S/C27H26F4N8O/c1-25(2,13-32)21-19(28)7-8-20(36-21)39-22-17(23(40)38(39)14-27(29,30)31)12-33-24(37-22)35-16-5-6-18-15(11-16)9-10-34-26(18,3)4/h5-8,11-12,34H,9-10,14H2,1-4H3,(H,33,35,37). The summed E-state index contributed by atoms with van der Waals surface area (Å²) in [5, 5.41) is 15.8. The molecule has 0 saturated carbocycles. The highest BCUT2D eigenvalue weighted by atomic mass is 19.4. The molecule has 0 unspecified atom stereocenters. The Morgan fingerprint density at radius 2 is 1.93 bits per heavy atom. The molecule has 0 atom stereocenters. The number of nitrogens with one attached hydrogen (secondary N) is 2. The first-order valence-electron chi connectivity index (χ1n) is 12.5. The number of nitriles is 1. The lowest BCUT2D eigenvalue weighted by molar-refractivity contribution is -0.144. The summed E-state index contributed by atoms with van der Waals surface area (Å²) in [5.74, 6) is -0.971. The predicted octanol–water partition coefficient (Wildman–Crippen LogP) is 4.60. The molecule has 2 N–H and O–H groups in total. The van der Waals surface area contributed by atoms with Gasteiger partial charge >= 0.3 is 6.18 Å². The van der Waals surface area contributed by atoms with Crippen molar-refractivity contribution in [3.63, 3.8) is 0 Å². The number of hydrogen-bond donors (Lipinski definition) is 2. The van der Waals surface area contributed by atoms with Crippen molar-refractivity contribution in [2.75, 3.05) is 11.9 Å². The number of fused-ring (bicyclic) bond motifs is 2. The van der Waals surface area contributed by atoms with Gasteiger partial charge in [-0.15, -0.1) is 0 Å². The molecule has 1 aliphatic heterocycles. The Kier molecular flexibility index (Phi) is 6.41. The number of aromatic nitrogens is 5. The Balaban J connectivity index is 1.65. The molecule has 208 valence electrons. The highest BCUT2D eigenvalue weighted by Gasteiger charge is 2.33. The van der Waals surface area contributed by atoms with Gasteiger partial charge in [0.2, 0.25) is 5.95 Å². The lowest BCUT2D eigenvalue weighted by Gasteiger charge is -2.34. The summed E-state index contributed by atoms with van der Waals surface area (Å²) in [4.78, 5) is 25.8. The zero-order chi connectivity index (χ0) is 29.0. The second-order valence-electron chi connectivity index (χ2n) is 10.8. The maximum absolute atomic E-state index is 14.6. The quantitative estimate of drug-likeness (QED) is 0.347. The third-order valence-electron chi connectivity index (χ3n) is 6.92. The fraction of sp³-hybridized carbons (Fsp3) is 0.370. The van der Waals surface area contributed by atoms with Gasteiger partial charge in [0.1, 0.15) is 17.7 Å². The number of alkyl halides is 3. The fourth-order valence-electron chi connectivity index (χ4n) is 4.90. The summed E-state index contributed by atoms with van der Waals surface area (Å²) >= 11 is 0. The lowest BCUT2D eigenvalue weighted by atomic mass is 9.85. The molecule has 0 fully saturated rings. The summed E-state index contributed by atoms with van der Waals surface area (Å²) in [5.41, 5.74) is -0.0687. The molecule has 0 saturated heterocycles. The average molecular weight is 555 g/mol. The molecule has 1 aromatic carbocycles. The highest BCUT2D eigenvalue weighted by molar-refractivity contribution is 5.77. The van der Waals surface area contributed by atoms with Gasteiger partial charge in [0.15, 0.2) is 11.5 Å². The SMILES string of the molecule is CC(C)(C#N)c1nc(-n2c3nc(Nc4ccc5c(c4)CCNC5(C)C)ncc3c(=O)n2CC(F)(F)F)ccc1F. The van der Waals surface area contributed by atoms with E-state index in [1.807, 2.05) is 24.3 Å². The van der Waals surface area contributed by atoms with Crippen molar-refractivity contribution >= 4 is 22.7 Å². The Hall–Kier alpha value is -4.31. The second kappa shape index (κ2) is 9.41. The number of halogens is 4. The van der Waals surface area contributed by atoms with Crippen LogP contribution in [-0.4, -0.2) is 37.0 Å². The molecule has 3 aromatic heterocycles. The number of pyridine rings is 1. The maximum Gasteiger partial charge on any atom is 0.408 e. The van der Waals surface area contributed by atoms with E-state index in [-0.39, 0.29) is 34.0 Å². The highest BCUT2D eigenvalue weighted by Crippen LogP contribution is 2.31.